The van der Waals surface area contributed by atoms with Gasteiger partial charge in [0.25, 0.3) is 0 Å². The van der Waals surface area contributed by atoms with E-state index in [0.717, 1.165) is 6.07 Å². The number of hydrogen-bond acceptors (Lipinski definition) is 4. The Morgan fingerprint density at radius 3 is 2.60 bits per heavy atom. The third kappa shape index (κ3) is 2.81. The van der Waals surface area contributed by atoms with Crippen LogP contribution in [-0.4, -0.2) is 29.0 Å². The maximum absolute atomic E-state index is 10.6. The number of hydrogen-bond donors (Lipinski definition) is 1. The summed E-state index contributed by atoms with van der Waals surface area (Å²) in [5.41, 5.74) is 0.0820. The normalized spacial score (nSPS) is 10.7. The molecule has 5 nitrogen and oxygen atoms in total. The van der Waals surface area contributed by atoms with Gasteiger partial charge in [-0.3, -0.25) is 10.1 Å². The summed E-state index contributed by atoms with van der Waals surface area (Å²) in [6, 6.07) is 2.65. The van der Waals surface area contributed by atoms with Crippen LogP contribution < -0.4 is 0 Å². The smallest absolute Gasteiger partial charge is 0.312 e. The molecule has 0 saturated heterocycles. The Bertz CT molecular complexity index is 393. The Balaban J connectivity index is 3.22. The molecule has 0 aliphatic heterocycles. The van der Waals surface area contributed by atoms with E-state index in [1.165, 1.54) is 6.07 Å². The molecule has 15 heavy (non-hydrogen) atoms. The summed E-state index contributed by atoms with van der Waals surface area (Å²) < 4.78 is 0. The zero-order valence-corrected chi connectivity index (χ0v) is 9.15. The maximum atomic E-state index is 10.6. The number of benzene rings is 1. The summed E-state index contributed by atoms with van der Waals surface area (Å²) in [5, 5.41) is 20.4. The van der Waals surface area contributed by atoms with E-state index in [-0.39, 0.29) is 16.5 Å². The first-order valence-corrected chi connectivity index (χ1v) is 4.60. The van der Waals surface area contributed by atoms with Crippen molar-refractivity contribution >= 4 is 17.3 Å². The molecule has 0 aliphatic rings. The van der Waals surface area contributed by atoms with E-state index in [1.54, 1.807) is 19.0 Å². The van der Waals surface area contributed by atoms with E-state index in [1.807, 2.05) is 0 Å². The predicted molar refractivity (Wildman–Crippen MR) is 57.2 cm³/mol. The molecule has 0 fully saturated rings. The third-order valence-electron chi connectivity index (χ3n) is 1.82. The van der Waals surface area contributed by atoms with Crippen LogP contribution >= 0.6 is 11.6 Å². The van der Waals surface area contributed by atoms with Gasteiger partial charge in [0.15, 0.2) is 5.75 Å². The molecule has 1 aromatic carbocycles. The van der Waals surface area contributed by atoms with Gasteiger partial charge in [-0.2, -0.15) is 0 Å². The SMILES string of the molecule is CN(C)Cc1cc(Cl)cc([N+](=O)[O-])c1O. The number of nitro groups is 1. The first-order valence-electron chi connectivity index (χ1n) is 4.22. The number of halogens is 1. The van der Waals surface area contributed by atoms with Crippen LogP contribution in [0.25, 0.3) is 0 Å². The van der Waals surface area contributed by atoms with Gasteiger partial charge in [-0.25, -0.2) is 0 Å². The van der Waals surface area contributed by atoms with Gasteiger partial charge >= 0.3 is 5.69 Å². The van der Waals surface area contributed by atoms with Crippen LogP contribution in [0.4, 0.5) is 5.69 Å². The first kappa shape index (κ1) is 11.7. The monoisotopic (exact) mass is 230 g/mol. The lowest BCUT2D eigenvalue weighted by molar-refractivity contribution is -0.385. The molecule has 0 aromatic heterocycles. The van der Waals surface area contributed by atoms with Gasteiger partial charge in [-0.05, 0) is 20.2 Å². The zero-order chi connectivity index (χ0) is 11.6. The molecule has 0 unspecified atom stereocenters. The molecule has 1 N–H and O–H groups in total. The largest absolute Gasteiger partial charge is 0.502 e. The van der Waals surface area contributed by atoms with Crippen LogP contribution in [0.3, 0.4) is 0 Å². The Morgan fingerprint density at radius 2 is 2.13 bits per heavy atom. The molecule has 1 aromatic rings. The van der Waals surface area contributed by atoms with Crippen molar-refractivity contribution in [3.63, 3.8) is 0 Å². The van der Waals surface area contributed by atoms with E-state index in [9.17, 15) is 15.2 Å². The van der Waals surface area contributed by atoms with Crippen molar-refractivity contribution in [2.75, 3.05) is 14.1 Å². The van der Waals surface area contributed by atoms with E-state index < -0.39 is 4.92 Å². The van der Waals surface area contributed by atoms with Crippen molar-refractivity contribution in [2.45, 2.75) is 6.54 Å². The molecule has 1 rings (SSSR count). The lowest BCUT2D eigenvalue weighted by Gasteiger charge is -2.11. The third-order valence-corrected chi connectivity index (χ3v) is 2.03. The summed E-state index contributed by atoms with van der Waals surface area (Å²) in [5.74, 6) is -0.321. The van der Waals surface area contributed by atoms with Crippen LogP contribution in [0.2, 0.25) is 5.02 Å². The van der Waals surface area contributed by atoms with Crippen LogP contribution in [0.1, 0.15) is 5.56 Å². The van der Waals surface area contributed by atoms with Crippen LogP contribution in [0.5, 0.6) is 5.75 Å². The van der Waals surface area contributed by atoms with E-state index >= 15 is 0 Å². The number of aromatic hydroxyl groups is 1. The van der Waals surface area contributed by atoms with Gasteiger partial charge < -0.3 is 10.0 Å². The predicted octanol–water partition coefficient (Wildman–Crippen LogP) is 2.02. The van der Waals surface area contributed by atoms with Gasteiger partial charge in [0.05, 0.1) is 4.92 Å². The Morgan fingerprint density at radius 1 is 1.53 bits per heavy atom. The summed E-state index contributed by atoms with van der Waals surface area (Å²) >= 11 is 5.72. The fourth-order valence-corrected chi connectivity index (χ4v) is 1.48. The molecule has 0 saturated carbocycles. The highest BCUT2D eigenvalue weighted by Crippen LogP contribution is 2.33. The second-order valence-corrected chi connectivity index (χ2v) is 3.86. The highest BCUT2D eigenvalue weighted by molar-refractivity contribution is 6.31. The quantitative estimate of drug-likeness (QED) is 0.637. The fraction of sp³-hybridized carbons (Fsp3) is 0.333. The number of phenolic OH excluding ortho intramolecular Hbond substituents is 1. The van der Waals surface area contributed by atoms with Gasteiger partial charge in [0.2, 0.25) is 0 Å². The molecule has 6 heteroatoms. The van der Waals surface area contributed by atoms with Gasteiger partial charge in [0.1, 0.15) is 0 Å². The highest BCUT2D eigenvalue weighted by Gasteiger charge is 2.18. The summed E-state index contributed by atoms with van der Waals surface area (Å²) in [6.45, 7) is 0.396. The molecular weight excluding hydrogens is 220 g/mol. The number of nitrogens with zero attached hydrogens (tertiary/aromatic N) is 2. The average molecular weight is 231 g/mol. The number of nitro benzene ring substituents is 1. The van der Waals surface area contributed by atoms with Crippen LogP contribution in [0.15, 0.2) is 12.1 Å². The maximum Gasteiger partial charge on any atom is 0.312 e. The van der Waals surface area contributed by atoms with Crippen molar-refractivity contribution in [2.24, 2.45) is 0 Å². The Labute approximate surface area is 92.0 Å². The minimum atomic E-state index is -0.652. The van der Waals surface area contributed by atoms with E-state index in [4.69, 9.17) is 11.6 Å². The topological polar surface area (TPSA) is 66.6 Å². The summed E-state index contributed by atoms with van der Waals surface area (Å²) in [7, 11) is 3.60. The second-order valence-electron chi connectivity index (χ2n) is 3.43. The standard InChI is InChI=1S/C9H11ClN2O3/c1-11(2)5-6-3-7(10)4-8(9(6)13)12(14)15/h3-4,13H,5H2,1-2H3. The summed E-state index contributed by atoms with van der Waals surface area (Å²) in [4.78, 5) is 11.7. The molecule has 0 heterocycles. The number of phenols is 1. The molecule has 0 radical (unpaired) electrons. The van der Waals surface area contributed by atoms with Crippen molar-refractivity contribution in [1.82, 2.24) is 4.90 Å². The van der Waals surface area contributed by atoms with Crippen molar-refractivity contribution in [3.05, 3.63) is 32.8 Å². The van der Waals surface area contributed by atoms with E-state index in [0.29, 0.717) is 12.1 Å². The minimum absolute atomic E-state index is 0.247. The van der Waals surface area contributed by atoms with Crippen molar-refractivity contribution < 1.29 is 10.0 Å². The second kappa shape index (κ2) is 4.46. The zero-order valence-electron chi connectivity index (χ0n) is 8.40. The van der Waals surface area contributed by atoms with Crippen LogP contribution in [-0.2, 0) is 6.54 Å². The lowest BCUT2D eigenvalue weighted by Crippen LogP contribution is -2.11. The highest BCUT2D eigenvalue weighted by atomic mass is 35.5. The van der Waals surface area contributed by atoms with Gasteiger partial charge in [-0.1, -0.05) is 11.6 Å². The number of rotatable bonds is 3. The molecule has 0 aliphatic carbocycles. The fourth-order valence-electron chi connectivity index (χ4n) is 1.24. The molecule has 0 bridgehead atoms. The van der Waals surface area contributed by atoms with Crippen molar-refractivity contribution in [3.8, 4) is 5.75 Å². The minimum Gasteiger partial charge on any atom is -0.502 e. The average Bonchev–Trinajstić information content (AvgIpc) is 2.09. The van der Waals surface area contributed by atoms with Gasteiger partial charge in [0, 0.05) is 23.2 Å². The molecule has 82 valence electrons. The van der Waals surface area contributed by atoms with Gasteiger partial charge in [-0.15, -0.1) is 0 Å². The molecular formula is C9H11ClN2O3. The Kier molecular flexibility index (Phi) is 3.49. The Hall–Kier alpha value is -1.33. The van der Waals surface area contributed by atoms with Crippen molar-refractivity contribution in [1.29, 1.82) is 0 Å². The van der Waals surface area contributed by atoms with E-state index in [2.05, 4.69) is 0 Å². The van der Waals surface area contributed by atoms with Crippen LogP contribution in [0, 0.1) is 10.1 Å². The first-order chi connectivity index (χ1) is 6.91. The molecule has 0 amide bonds. The molecule has 0 spiro atoms. The molecule has 0 atom stereocenters. The summed E-state index contributed by atoms with van der Waals surface area (Å²) in [6.07, 6.45) is 0. The lowest BCUT2D eigenvalue weighted by atomic mass is 10.1.